The lowest BCUT2D eigenvalue weighted by molar-refractivity contribution is -0.132. The second-order valence-corrected chi connectivity index (χ2v) is 11.9. The van der Waals surface area contributed by atoms with Gasteiger partial charge >= 0.3 is 0 Å². The largest absolute Gasteiger partial charge is 0.476 e. The third kappa shape index (κ3) is 5.93. The van der Waals surface area contributed by atoms with E-state index in [2.05, 4.69) is 10.6 Å². The summed E-state index contributed by atoms with van der Waals surface area (Å²) in [7, 11) is 1.64. The number of ether oxygens (including phenoxy) is 2. The summed E-state index contributed by atoms with van der Waals surface area (Å²) in [6.45, 7) is 5.60. The van der Waals surface area contributed by atoms with Gasteiger partial charge in [-0.05, 0) is 77.0 Å². The van der Waals surface area contributed by atoms with Crippen molar-refractivity contribution < 1.29 is 29.0 Å². The minimum atomic E-state index is -0.981. The Morgan fingerprint density at radius 2 is 1.97 bits per heavy atom. The molecule has 10 heteroatoms. The first-order valence-electron chi connectivity index (χ1n) is 14.4. The molecule has 0 aromatic heterocycles. The second kappa shape index (κ2) is 11.4. The monoisotopic (exact) mass is 542 g/mol. The van der Waals surface area contributed by atoms with E-state index >= 15 is 0 Å². The Bertz CT molecular complexity index is 1090. The zero-order valence-corrected chi connectivity index (χ0v) is 23.3. The number of carbonyl (C=O) groups is 3. The van der Waals surface area contributed by atoms with Crippen LogP contribution >= 0.6 is 0 Å². The molecule has 3 fully saturated rings. The number of methoxy groups -OCH3 is 1. The molecule has 2 heterocycles. The average molecular weight is 543 g/mol. The van der Waals surface area contributed by atoms with Crippen molar-refractivity contribution in [1.29, 1.82) is 0 Å². The summed E-state index contributed by atoms with van der Waals surface area (Å²) in [4.78, 5) is 43.8. The number of hydrogen-bond donors (Lipinski definition) is 3. The number of aliphatic hydroxyl groups is 1. The average Bonchev–Trinajstić information content (AvgIpc) is 3.67. The Balaban J connectivity index is 1.34. The van der Waals surface area contributed by atoms with Crippen LogP contribution in [0.4, 0.5) is 11.4 Å². The molecule has 214 valence electrons. The number of nitrogens with zero attached hydrogens (tertiary/aromatic N) is 2. The standard InChI is InChI=1S/C29H42N4O6/c1-29(2)28(37)32(12-5-13-38-3)23-15-21(10-11-25(23)39-29)33(20-8-9-20)27(36)19-14-18(16-30-17-19)26(35)31-22-6-4-7-24(22)34/h10-11,15,18-20,22,24,30,34H,4-9,12-14,16-17H2,1-3H3,(H,31,35)/t18-,19+,22+,24+/m0/s1. The van der Waals surface area contributed by atoms with E-state index in [1.807, 2.05) is 23.1 Å². The van der Waals surface area contributed by atoms with Crippen LogP contribution in [-0.2, 0) is 19.1 Å². The predicted molar refractivity (Wildman–Crippen MR) is 147 cm³/mol. The van der Waals surface area contributed by atoms with Crippen LogP contribution in [-0.4, -0.2) is 80.0 Å². The molecule has 4 atom stereocenters. The number of aliphatic hydroxyl groups excluding tert-OH is 1. The molecule has 0 unspecified atom stereocenters. The summed E-state index contributed by atoms with van der Waals surface area (Å²) in [6.07, 6.45) is 4.91. The SMILES string of the molecule is COCCCN1C(=O)C(C)(C)Oc2ccc(N(C(=O)[C@H]3CNC[C@@H](C(=O)N[C@@H]4CCC[C@H]4O)C3)C3CC3)cc21. The Hall–Kier alpha value is -2.69. The molecular formula is C29H42N4O6. The van der Waals surface area contributed by atoms with Crippen LogP contribution < -0.4 is 25.2 Å². The van der Waals surface area contributed by atoms with Crippen LogP contribution in [0, 0.1) is 11.8 Å². The Labute approximate surface area is 230 Å². The summed E-state index contributed by atoms with van der Waals surface area (Å²) in [5, 5.41) is 16.4. The van der Waals surface area contributed by atoms with Gasteiger partial charge in [-0.3, -0.25) is 14.4 Å². The van der Waals surface area contributed by atoms with Gasteiger partial charge in [-0.2, -0.15) is 0 Å². The van der Waals surface area contributed by atoms with Crippen LogP contribution in [0.3, 0.4) is 0 Å². The van der Waals surface area contributed by atoms with E-state index in [0.29, 0.717) is 56.9 Å². The number of rotatable bonds is 9. The van der Waals surface area contributed by atoms with Crippen molar-refractivity contribution in [2.45, 2.75) is 82.6 Å². The fourth-order valence-corrected chi connectivity index (χ4v) is 6.08. The molecule has 0 radical (unpaired) electrons. The molecule has 1 aromatic carbocycles. The highest BCUT2D eigenvalue weighted by atomic mass is 16.5. The number of anilines is 2. The summed E-state index contributed by atoms with van der Waals surface area (Å²) in [5.41, 5.74) is 0.432. The summed E-state index contributed by atoms with van der Waals surface area (Å²) >= 11 is 0. The van der Waals surface area contributed by atoms with Crippen LogP contribution in [0.2, 0.25) is 0 Å². The molecule has 2 aliphatic heterocycles. The predicted octanol–water partition coefficient (Wildman–Crippen LogP) is 1.98. The number of hydrogen-bond acceptors (Lipinski definition) is 7. The summed E-state index contributed by atoms with van der Waals surface area (Å²) in [5.74, 6) is -0.261. The maximum Gasteiger partial charge on any atom is 0.270 e. The van der Waals surface area contributed by atoms with Crippen molar-refractivity contribution in [2.75, 3.05) is 43.2 Å². The molecule has 4 aliphatic rings. The topological polar surface area (TPSA) is 120 Å². The van der Waals surface area contributed by atoms with E-state index < -0.39 is 11.7 Å². The van der Waals surface area contributed by atoms with E-state index in [4.69, 9.17) is 9.47 Å². The number of benzene rings is 1. The van der Waals surface area contributed by atoms with Crippen LogP contribution in [0.25, 0.3) is 0 Å². The Kier molecular flexibility index (Phi) is 8.16. The highest BCUT2D eigenvalue weighted by Crippen LogP contribution is 2.43. The summed E-state index contributed by atoms with van der Waals surface area (Å²) < 4.78 is 11.3. The third-order valence-corrected chi connectivity index (χ3v) is 8.39. The van der Waals surface area contributed by atoms with Crippen molar-refractivity contribution in [2.24, 2.45) is 11.8 Å². The van der Waals surface area contributed by atoms with Gasteiger partial charge in [0.2, 0.25) is 11.8 Å². The highest BCUT2D eigenvalue weighted by molar-refractivity contribution is 6.04. The minimum absolute atomic E-state index is 0.00216. The molecule has 2 aliphatic carbocycles. The molecular weight excluding hydrogens is 500 g/mol. The Morgan fingerprint density at radius 3 is 2.67 bits per heavy atom. The first-order chi connectivity index (χ1) is 18.7. The zero-order valence-electron chi connectivity index (χ0n) is 23.3. The molecule has 0 bridgehead atoms. The normalized spacial score (nSPS) is 28.0. The van der Waals surface area contributed by atoms with Crippen LogP contribution in [0.5, 0.6) is 5.75 Å². The molecule has 1 saturated heterocycles. The van der Waals surface area contributed by atoms with Gasteiger partial charge in [-0.15, -0.1) is 0 Å². The van der Waals surface area contributed by atoms with E-state index in [9.17, 15) is 19.5 Å². The quantitative estimate of drug-likeness (QED) is 0.408. The zero-order chi connectivity index (χ0) is 27.7. The van der Waals surface area contributed by atoms with Gasteiger partial charge in [0.1, 0.15) is 5.75 Å². The molecule has 5 rings (SSSR count). The number of nitrogens with one attached hydrogen (secondary N) is 2. The number of carbonyl (C=O) groups excluding carboxylic acids is 3. The van der Waals surface area contributed by atoms with E-state index in [-0.39, 0.29) is 41.6 Å². The van der Waals surface area contributed by atoms with Crippen LogP contribution in [0.15, 0.2) is 18.2 Å². The maximum absolute atomic E-state index is 14.0. The van der Waals surface area contributed by atoms with E-state index in [0.717, 1.165) is 31.4 Å². The van der Waals surface area contributed by atoms with Gasteiger partial charge in [0.15, 0.2) is 5.60 Å². The Morgan fingerprint density at radius 1 is 1.21 bits per heavy atom. The summed E-state index contributed by atoms with van der Waals surface area (Å²) in [6, 6.07) is 5.56. The lowest BCUT2D eigenvalue weighted by Gasteiger charge is -2.39. The van der Waals surface area contributed by atoms with Gasteiger partial charge in [-0.1, -0.05) is 0 Å². The number of fused-ring (bicyclic) bond motifs is 1. The highest BCUT2D eigenvalue weighted by Gasteiger charge is 2.43. The maximum atomic E-state index is 14.0. The van der Waals surface area contributed by atoms with Crippen LogP contribution in [0.1, 0.15) is 58.8 Å². The molecule has 3 amide bonds. The van der Waals surface area contributed by atoms with Crippen molar-refractivity contribution in [3.63, 3.8) is 0 Å². The number of amides is 3. The molecule has 10 nitrogen and oxygen atoms in total. The van der Waals surface area contributed by atoms with E-state index in [1.54, 1.807) is 25.9 Å². The van der Waals surface area contributed by atoms with Gasteiger partial charge in [0.05, 0.1) is 29.7 Å². The first kappa shape index (κ1) is 27.9. The number of piperidine rings is 1. The smallest absolute Gasteiger partial charge is 0.270 e. The van der Waals surface area contributed by atoms with Gasteiger partial charge in [-0.25, -0.2) is 0 Å². The fraction of sp³-hybridized carbons (Fsp3) is 0.690. The van der Waals surface area contributed by atoms with E-state index in [1.165, 1.54) is 0 Å². The van der Waals surface area contributed by atoms with Crippen molar-refractivity contribution in [3.05, 3.63) is 18.2 Å². The van der Waals surface area contributed by atoms with Crippen molar-refractivity contribution in [1.82, 2.24) is 10.6 Å². The molecule has 2 saturated carbocycles. The molecule has 1 aromatic rings. The molecule has 3 N–H and O–H groups in total. The van der Waals surface area contributed by atoms with Gasteiger partial charge in [0, 0.05) is 45.1 Å². The van der Waals surface area contributed by atoms with Gasteiger partial charge in [0.25, 0.3) is 5.91 Å². The lowest BCUT2D eigenvalue weighted by Crippen LogP contribution is -2.53. The third-order valence-electron chi connectivity index (χ3n) is 8.39. The first-order valence-corrected chi connectivity index (χ1v) is 14.4. The second-order valence-electron chi connectivity index (χ2n) is 11.9. The van der Waals surface area contributed by atoms with Crippen molar-refractivity contribution in [3.8, 4) is 5.75 Å². The minimum Gasteiger partial charge on any atom is -0.476 e. The molecule has 39 heavy (non-hydrogen) atoms. The van der Waals surface area contributed by atoms with Gasteiger partial charge < -0.3 is 35.0 Å². The van der Waals surface area contributed by atoms with Crippen molar-refractivity contribution >= 4 is 29.1 Å². The molecule has 0 spiro atoms. The lowest BCUT2D eigenvalue weighted by atomic mass is 9.88. The fourth-order valence-electron chi connectivity index (χ4n) is 6.08.